The minimum atomic E-state index is -0.421. The van der Waals surface area contributed by atoms with Crippen molar-refractivity contribution in [2.24, 2.45) is 4.99 Å². The molecule has 1 fully saturated rings. The Morgan fingerprint density at radius 1 is 1.18 bits per heavy atom. The second kappa shape index (κ2) is 9.96. The summed E-state index contributed by atoms with van der Waals surface area (Å²) in [5.41, 5.74) is 1.87. The molecule has 1 heterocycles. The molecule has 154 valence electrons. The van der Waals surface area contributed by atoms with Crippen molar-refractivity contribution in [3.63, 3.8) is 0 Å². The molecule has 1 saturated heterocycles. The third-order valence-electron chi connectivity index (χ3n) is 4.50. The predicted octanol–water partition coefficient (Wildman–Crippen LogP) is 3.98. The Kier molecular flexibility index (Phi) is 7.92. The highest BCUT2D eigenvalue weighted by Gasteiger charge is 2.40. The fourth-order valence-corrected chi connectivity index (χ4v) is 4.52. The highest BCUT2D eigenvalue weighted by molar-refractivity contribution is 8.15. The molecule has 2 amide bonds. The van der Waals surface area contributed by atoms with E-state index in [1.807, 2.05) is 52.0 Å². The van der Waals surface area contributed by atoms with Gasteiger partial charge in [0.05, 0.1) is 0 Å². The van der Waals surface area contributed by atoms with Crippen LogP contribution in [0.2, 0.25) is 0 Å². The van der Waals surface area contributed by atoms with Crippen LogP contribution in [0.3, 0.4) is 0 Å². The molecule has 0 spiro atoms. The van der Waals surface area contributed by atoms with Gasteiger partial charge in [-0.3, -0.25) is 19.5 Å². The summed E-state index contributed by atoms with van der Waals surface area (Å²) in [6.07, 6.45) is 0.141. The highest BCUT2D eigenvalue weighted by Crippen LogP contribution is 2.32. The molecule has 1 aliphatic heterocycles. The number of hydrogen-bond donors (Lipinski definition) is 1. The zero-order chi connectivity index (χ0) is 20.8. The molecule has 2 rings (SSSR count). The number of aliphatic imine (C=N–C) groups is 1. The molecule has 1 aliphatic rings. The summed E-state index contributed by atoms with van der Waals surface area (Å²) >= 11 is 1.39. The molecule has 1 unspecified atom stereocenters. The standard InChI is InChI=1S/C21H32N4O2S/c1-7-24(8-2)17-11-9-16(10-12-17)23-19(26)13-18-20(27)25(15(5)6)21(28-18)22-14(3)4/h9-12,14-15,18H,7-8,13H2,1-6H3,(H,23,26). The Labute approximate surface area is 172 Å². The van der Waals surface area contributed by atoms with Crippen LogP contribution in [-0.2, 0) is 9.59 Å². The van der Waals surface area contributed by atoms with Crippen molar-refractivity contribution in [2.45, 2.75) is 65.3 Å². The maximum atomic E-state index is 12.8. The average Bonchev–Trinajstić information content (AvgIpc) is 2.91. The van der Waals surface area contributed by atoms with E-state index in [1.54, 1.807) is 4.90 Å². The van der Waals surface area contributed by atoms with Crippen LogP contribution in [0.25, 0.3) is 0 Å². The lowest BCUT2D eigenvalue weighted by Crippen LogP contribution is -2.38. The lowest BCUT2D eigenvalue weighted by molar-refractivity contribution is -0.129. The van der Waals surface area contributed by atoms with Crippen molar-refractivity contribution in [1.29, 1.82) is 0 Å². The number of carbonyl (C=O) groups is 2. The number of rotatable bonds is 8. The van der Waals surface area contributed by atoms with Crippen LogP contribution in [0.1, 0.15) is 48.0 Å². The van der Waals surface area contributed by atoms with Crippen LogP contribution in [0.5, 0.6) is 0 Å². The van der Waals surface area contributed by atoms with Crippen LogP contribution < -0.4 is 10.2 Å². The van der Waals surface area contributed by atoms with Gasteiger partial charge in [-0.2, -0.15) is 0 Å². The summed E-state index contributed by atoms with van der Waals surface area (Å²) in [5.74, 6) is -0.192. The molecule has 1 atom stereocenters. The van der Waals surface area contributed by atoms with Gasteiger partial charge >= 0.3 is 0 Å². The number of anilines is 2. The Balaban J connectivity index is 2.02. The van der Waals surface area contributed by atoms with Gasteiger partial charge in [-0.15, -0.1) is 0 Å². The Hall–Kier alpha value is -2.02. The molecule has 0 aliphatic carbocycles. The largest absolute Gasteiger partial charge is 0.372 e. The molecule has 0 saturated carbocycles. The summed E-state index contributed by atoms with van der Waals surface area (Å²) < 4.78 is 0. The average molecular weight is 405 g/mol. The van der Waals surface area contributed by atoms with Crippen LogP contribution in [0, 0.1) is 0 Å². The second-order valence-electron chi connectivity index (χ2n) is 7.39. The number of amidine groups is 1. The molecular weight excluding hydrogens is 372 g/mol. The molecule has 6 nitrogen and oxygen atoms in total. The van der Waals surface area contributed by atoms with Crippen LogP contribution in [0.15, 0.2) is 29.3 Å². The van der Waals surface area contributed by atoms with Gasteiger partial charge in [-0.05, 0) is 65.8 Å². The topological polar surface area (TPSA) is 65.0 Å². The molecule has 1 aromatic rings. The molecule has 1 N–H and O–H groups in total. The number of benzene rings is 1. The van der Waals surface area contributed by atoms with Gasteiger partial charge in [-0.25, -0.2) is 0 Å². The Morgan fingerprint density at radius 2 is 1.79 bits per heavy atom. The van der Waals surface area contributed by atoms with E-state index in [0.717, 1.165) is 29.6 Å². The van der Waals surface area contributed by atoms with E-state index in [9.17, 15) is 9.59 Å². The summed E-state index contributed by atoms with van der Waals surface area (Å²) in [4.78, 5) is 33.8. The van der Waals surface area contributed by atoms with Crippen molar-refractivity contribution in [3.05, 3.63) is 24.3 Å². The van der Waals surface area contributed by atoms with E-state index in [0.29, 0.717) is 0 Å². The smallest absolute Gasteiger partial charge is 0.242 e. The van der Waals surface area contributed by atoms with E-state index < -0.39 is 5.25 Å². The minimum absolute atomic E-state index is 0.0261. The monoisotopic (exact) mass is 404 g/mol. The van der Waals surface area contributed by atoms with Crippen molar-refractivity contribution in [3.8, 4) is 0 Å². The first-order chi connectivity index (χ1) is 13.3. The summed E-state index contributed by atoms with van der Waals surface area (Å²) in [6.45, 7) is 14.0. The lowest BCUT2D eigenvalue weighted by Gasteiger charge is -2.21. The summed E-state index contributed by atoms with van der Waals surface area (Å²) in [7, 11) is 0. The van der Waals surface area contributed by atoms with Gasteiger partial charge in [0.25, 0.3) is 0 Å². The van der Waals surface area contributed by atoms with Crippen molar-refractivity contribution < 1.29 is 9.59 Å². The molecule has 7 heteroatoms. The van der Waals surface area contributed by atoms with Gasteiger partial charge < -0.3 is 10.2 Å². The van der Waals surface area contributed by atoms with E-state index in [4.69, 9.17) is 0 Å². The van der Waals surface area contributed by atoms with Crippen LogP contribution in [-0.4, -0.2) is 52.3 Å². The van der Waals surface area contributed by atoms with Gasteiger partial charge in [0.2, 0.25) is 11.8 Å². The van der Waals surface area contributed by atoms with Crippen LogP contribution in [0.4, 0.5) is 11.4 Å². The number of nitrogens with zero attached hydrogens (tertiary/aromatic N) is 3. The Bertz CT molecular complexity index is 712. The second-order valence-corrected chi connectivity index (χ2v) is 8.56. The number of hydrogen-bond acceptors (Lipinski definition) is 5. The normalized spacial score (nSPS) is 18.4. The lowest BCUT2D eigenvalue weighted by atomic mass is 10.2. The fourth-order valence-electron chi connectivity index (χ4n) is 3.13. The van der Waals surface area contributed by atoms with Crippen molar-refractivity contribution >= 4 is 40.1 Å². The maximum absolute atomic E-state index is 12.8. The molecular formula is C21H32N4O2S. The number of thioether (sulfide) groups is 1. The fraction of sp³-hybridized carbons (Fsp3) is 0.571. The van der Waals surface area contributed by atoms with Crippen molar-refractivity contribution in [1.82, 2.24) is 4.90 Å². The maximum Gasteiger partial charge on any atom is 0.242 e. The zero-order valence-electron chi connectivity index (χ0n) is 17.7. The third kappa shape index (κ3) is 5.50. The minimum Gasteiger partial charge on any atom is -0.372 e. The Morgan fingerprint density at radius 3 is 2.29 bits per heavy atom. The quantitative estimate of drug-likeness (QED) is 0.712. The summed E-state index contributed by atoms with van der Waals surface area (Å²) in [5, 5.41) is 3.21. The van der Waals surface area contributed by atoms with Crippen LogP contribution >= 0.6 is 11.8 Å². The summed E-state index contributed by atoms with van der Waals surface area (Å²) in [6, 6.07) is 7.95. The SMILES string of the molecule is CCN(CC)c1ccc(NC(=O)CC2SC(=NC(C)C)N(C(C)C)C2=O)cc1. The van der Waals surface area contributed by atoms with E-state index >= 15 is 0 Å². The first kappa shape index (κ1) is 22.3. The van der Waals surface area contributed by atoms with E-state index in [1.165, 1.54) is 11.8 Å². The molecule has 1 aromatic carbocycles. The number of amides is 2. The third-order valence-corrected chi connectivity index (χ3v) is 5.67. The number of carbonyl (C=O) groups excluding carboxylic acids is 2. The molecule has 28 heavy (non-hydrogen) atoms. The van der Waals surface area contributed by atoms with Gasteiger partial charge in [0.15, 0.2) is 5.17 Å². The predicted molar refractivity (Wildman–Crippen MR) is 119 cm³/mol. The van der Waals surface area contributed by atoms with Crippen molar-refractivity contribution in [2.75, 3.05) is 23.3 Å². The van der Waals surface area contributed by atoms with Gasteiger partial charge in [0, 0.05) is 43.0 Å². The highest BCUT2D eigenvalue weighted by atomic mass is 32.2. The first-order valence-electron chi connectivity index (χ1n) is 9.99. The molecule has 0 radical (unpaired) electrons. The van der Waals surface area contributed by atoms with Gasteiger partial charge in [-0.1, -0.05) is 11.8 Å². The van der Waals surface area contributed by atoms with E-state index in [2.05, 4.69) is 29.1 Å². The number of nitrogens with one attached hydrogen (secondary N) is 1. The zero-order valence-corrected chi connectivity index (χ0v) is 18.5. The van der Waals surface area contributed by atoms with Gasteiger partial charge in [0.1, 0.15) is 5.25 Å². The molecule has 0 aromatic heterocycles. The first-order valence-corrected chi connectivity index (χ1v) is 10.9. The molecule has 0 bridgehead atoms. The van der Waals surface area contributed by atoms with E-state index in [-0.39, 0.29) is 30.3 Å².